The number of nitrogens with one attached hydrogen (secondary N) is 1. The van der Waals surface area contributed by atoms with E-state index in [0.29, 0.717) is 12.5 Å². The summed E-state index contributed by atoms with van der Waals surface area (Å²) in [6.45, 7) is 10.2. The molecule has 0 radical (unpaired) electrons. The molecule has 0 saturated carbocycles. The van der Waals surface area contributed by atoms with Gasteiger partial charge in [0.15, 0.2) is 0 Å². The molecule has 0 aromatic heterocycles. The Morgan fingerprint density at radius 2 is 2.06 bits per heavy atom. The van der Waals surface area contributed by atoms with Crippen molar-refractivity contribution in [2.75, 3.05) is 20.1 Å². The van der Waals surface area contributed by atoms with Crippen molar-refractivity contribution in [2.24, 2.45) is 0 Å². The Bertz CT molecular complexity index is 219. The Hall–Kier alpha value is -0.610. The molecular formula is C12H26N2O2. The molecule has 0 aliphatic carbocycles. The third-order valence-corrected chi connectivity index (χ3v) is 3.28. The lowest BCUT2D eigenvalue weighted by molar-refractivity contribution is -0.144. The first kappa shape index (κ1) is 15.4. The third-order valence-electron chi connectivity index (χ3n) is 3.28. The molecule has 16 heavy (non-hydrogen) atoms. The smallest absolute Gasteiger partial charge is 0.323 e. The summed E-state index contributed by atoms with van der Waals surface area (Å²) in [6.07, 6.45) is 1.55. The van der Waals surface area contributed by atoms with Crippen LogP contribution in [0.2, 0.25) is 0 Å². The van der Waals surface area contributed by atoms with E-state index in [2.05, 4.69) is 31.0 Å². The molecule has 1 unspecified atom stereocenters. The van der Waals surface area contributed by atoms with Crippen LogP contribution in [-0.2, 0) is 4.79 Å². The molecule has 4 nitrogen and oxygen atoms in total. The van der Waals surface area contributed by atoms with Gasteiger partial charge in [-0.2, -0.15) is 0 Å². The van der Waals surface area contributed by atoms with Crippen molar-refractivity contribution in [3.8, 4) is 0 Å². The van der Waals surface area contributed by atoms with Gasteiger partial charge in [-0.25, -0.2) is 0 Å². The van der Waals surface area contributed by atoms with E-state index in [0.717, 1.165) is 19.5 Å². The predicted molar refractivity (Wildman–Crippen MR) is 66.7 cm³/mol. The molecule has 0 amide bonds. The van der Waals surface area contributed by atoms with E-state index in [1.807, 2.05) is 0 Å². The predicted octanol–water partition coefficient (Wildman–Crippen LogP) is 1.56. The molecule has 0 aliphatic heterocycles. The lowest BCUT2D eigenvalue weighted by Gasteiger charge is -2.28. The van der Waals surface area contributed by atoms with Gasteiger partial charge >= 0.3 is 5.97 Å². The first-order chi connectivity index (χ1) is 7.37. The number of carboxylic acid groups (broad SMARTS) is 1. The highest BCUT2D eigenvalue weighted by atomic mass is 16.4. The van der Waals surface area contributed by atoms with Gasteiger partial charge in [-0.3, -0.25) is 4.79 Å². The van der Waals surface area contributed by atoms with Gasteiger partial charge in [-0.1, -0.05) is 6.92 Å². The summed E-state index contributed by atoms with van der Waals surface area (Å²) < 4.78 is 0. The third kappa shape index (κ3) is 4.49. The SMILES string of the molecule is CCN(CCCC(C)(NC)C(=O)O)C(C)C. The van der Waals surface area contributed by atoms with Crippen molar-refractivity contribution in [1.82, 2.24) is 10.2 Å². The summed E-state index contributed by atoms with van der Waals surface area (Å²) in [4.78, 5) is 13.4. The van der Waals surface area contributed by atoms with E-state index < -0.39 is 11.5 Å². The fourth-order valence-electron chi connectivity index (χ4n) is 1.76. The van der Waals surface area contributed by atoms with Crippen molar-refractivity contribution >= 4 is 5.97 Å². The number of aliphatic carboxylic acids is 1. The number of hydrogen-bond acceptors (Lipinski definition) is 3. The summed E-state index contributed by atoms with van der Waals surface area (Å²) in [5.74, 6) is -0.775. The van der Waals surface area contributed by atoms with Crippen molar-refractivity contribution in [1.29, 1.82) is 0 Å². The van der Waals surface area contributed by atoms with Crippen LogP contribution >= 0.6 is 0 Å². The molecule has 0 fully saturated rings. The van der Waals surface area contributed by atoms with Gasteiger partial charge in [0.1, 0.15) is 5.54 Å². The molecule has 2 N–H and O–H groups in total. The van der Waals surface area contributed by atoms with Crippen LogP contribution in [0.4, 0.5) is 0 Å². The van der Waals surface area contributed by atoms with Crippen molar-refractivity contribution < 1.29 is 9.90 Å². The molecule has 0 rings (SSSR count). The summed E-state index contributed by atoms with van der Waals surface area (Å²) >= 11 is 0. The molecule has 0 bridgehead atoms. The standard InChI is InChI=1S/C12H26N2O2/c1-6-14(10(2)3)9-7-8-12(4,13-5)11(15)16/h10,13H,6-9H2,1-5H3,(H,15,16). The maximum Gasteiger partial charge on any atom is 0.323 e. The number of hydrogen-bond donors (Lipinski definition) is 2. The Morgan fingerprint density at radius 1 is 1.50 bits per heavy atom. The minimum atomic E-state index is -0.795. The van der Waals surface area contributed by atoms with Gasteiger partial charge in [0.2, 0.25) is 0 Å². The highest BCUT2D eigenvalue weighted by Gasteiger charge is 2.30. The van der Waals surface area contributed by atoms with Gasteiger partial charge in [0.25, 0.3) is 0 Å². The van der Waals surface area contributed by atoms with Crippen LogP contribution in [-0.4, -0.2) is 47.7 Å². The second kappa shape index (κ2) is 6.86. The summed E-state index contributed by atoms with van der Waals surface area (Å²) in [6, 6.07) is 0.524. The van der Waals surface area contributed by atoms with Crippen molar-refractivity contribution in [2.45, 2.75) is 52.1 Å². The lowest BCUT2D eigenvalue weighted by atomic mass is 9.96. The highest BCUT2D eigenvalue weighted by molar-refractivity contribution is 5.78. The minimum absolute atomic E-state index is 0.524. The van der Waals surface area contributed by atoms with Crippen LogP contribution in [0.3, 0.4) is 0 Å². The van der Waals surface area contributed by atoms with E-state index in [-0.39, 0.29) is 0 Å². The molecule has 0 saturated heterocycles. The van der Waals surface area contributed by atoms with E-state index >= 15 is 0 Å². The normalized spacial score (nSPS) is 15.4. The lowest BCUT2D eigenvalue weighted by Crippen LogP contribution is -2.48. The van der Waals surface area contributed by atoms with E-state index in [9.17, 15) is 4.79 Å². The number of carbonyl (C=O) groups is 1. The number of likely N-dealkylation sites (N-methyl/N-ethyl adjacent to an activating group) is 1. The number of rotatable bonds is 8. The number of carboxylic acids is 1. The first-order valence-electron chi connectivity index (χ1n) is 6.03. The van der Waals surface area contributed by atoms with E-state index in [1.54, 1.807) is 14.0 Å². The van der Waals surface area contributed by atoms with Gasteiger partial charge in [0.05, 0.1) is 0 Å². The number of nitrogens with zero attached hydrogens (tertiary/aromatic N) is 1. The monoisotopic (exact) mass is 230 g/mol. The first-order valence-corrected chi connectivity index (χ1v) is 6.03. The average molecular weight is 230 g/mol. The fourth-order valence-corrected chi connectivity index (χ4v) is 1.76. The van der Waals surface area contributed by atoms with Gasteiger partial charge in [-0.15, -0.1) is 0 Å². The molecule has 0 heterocycles. The van der Waals surface area contributed by atoms with E-state index in [1.165, 1.54) is 0 Å². The topological polar surface area (TPSA) is 52.6 Å². The van der Waals surface area contributed by atoms with Crippen LogP contribution in [0, 0.1) is 0 Å². The van der Waals surface area contributed by atoms with Crippen LogP contribution in [0.15, 0.2) is 0 Å². The molecular weight excluding hydrogens is 204 g/mol. The second-order valence-corrected chi connectivity index (χ2v) is 4.71. The van der Waals surface area contributed by atoms with Gasteiger partial charge < -0.3 is 15.3 Å². The van der Waals surface area contributed by atoms with Gasteiger partial charge in [0, 0.05) is 6.04 Å². The van der Waals surface area contributed by atoms with Crippen LogP contribution < -0.4 is 5.32 Å². The minimum Gasteiger partial charge on any atom is -0.480 e. The molecule has 1 atom stereocenters. The maximum absolute atomic E-state index is 11.1. The van der Waals surface area contributed by atoms with Crippen LogP contribution in [0.1, 0.15) is 40.5 Å². The maximum atomic E-state index is 11.1. The zero-order valence-corrected chi connectivity index (χ0v) is 11.2. The van der Waals surface area contributed by atoms with Crippen molar-refractivity contribution in [3.05, 3.63) is 0 Å². The largest absolute Gasteiger partial charge is 0.480 e. The summed E-state index contributed by atoms with van der Waals surface area (Å²) in [7, 11) is 1.70. The summed E-state index contributed by atoms with van der Waals surface area (Å²) in [5, 5.41) is 12.0. The van der Waals surface area contributed by atoms with Crippen molar-refractivity contribution in [3.63, 3.8) is 0 Å². The highest BCUT2D eigenvalue weighted by Crippen LogP contribution is 2.13. The zero-order valence-electron chi connectivity index (χ0n) is 11.2. The Labute approximate surface area is 99.0 Å². The molecule has 4 heteroatoms. The Morgan fingerprint density at radius 3 is 2.38 bits per heavy atom. The van der Waals surface area contributed by atoms with E-state index in [4.69, 9.17) is 5.11 Å². The molecule has 0 spiro atoms. The summed E-state index contributed by atoms with van der Waals surface area (Å²) in [5.41, 5.74) is -0.795. The average Bonchev–Trinajstić information content (AvgIpc) is 2.23. The molecule has 0 aliphatic rings. The van der Waals surface area contributed by atoms with Gasteiger partial charge in [-0.05, 0) is 53.8 Å². The van der Waals surface area contributed by atoms with Crippen LogP contribution in [0.25, 0.3) is 0 Å². The molecule has 0 aromatic rings. The quantitative estimate of drug-likeness (QED) is 0.664. The second-order valence-electron chi connectivity index (χ2n) is 4.71. The zero-order chi connectivity index (χ0) is 12.8. The Balaban J connectivity index is 4.09. The molecule has 0 aromatic carbocycles. The molecule has 96 valence electrons. The fraction of sp³-hybridized carbons (Fsp3) is 0.917. The van der Waals surface area contributed by atoms with Crippen LogP contribution in [0.5, 0.6) is 0 Å². The Kier molecular flexibility index (Phi) is 6.60.